The normalized spacial score (nSPS) is 13.4. The van der Waals surface area contributed by atoms with Gasteiger partial charge in [0.05, 0.1) is 30.0 Å². The maximum atomic E-state index is 13.7. The van der Waals surface area contributed by atoms with Crippen LogP contribution >= 0.6 is 0 Å². The van der Waals surface area contributed by atoms with Crippen LogP contribution in [-0.2, 0) is 9.59 Å². The van der Waals surface area contributed by atoms with Gasteiger partial charge in [0.2, 0.25) is 0 Å². The Morgan fingerprint density at radius 3 is 2.19 bits per heavy atom. The average molecular weight is 431 g/mol. The van der Waals surface area contributed by atoms with Crippen molar-refractivity contribution in [1.82, 2.24) is 0 Å². The van der Waals surface area contributed by atoms with E-state index >= 15 is 0 Å². The van der Waals surface area contributed by atoms with Gasteiger partial charge in [0, 0.05) is 11.8 Å². The standard InChI is InChI=1S/C24H15F2N3O3/c1-32-18-9-4-15(5-10-18)21-22(28-16-6-11-19(25)20(26)12-16)24(31)29(23(21)30)17-7-2-14(13-27)3-8-17/h2-12,28H,1H3. The number of hydrogen-bond donors (Lipinski definition) is 1. The molecule has 1 N–H and O–H groups in total. The summed E-state index contributed by atoms with van der Waals surface area (Å²) in [7, 11) is 1.50. The molecule has 8 heteroatoms. The predicted octanol–water partition coefficient (Wildman–Crippen LogP) is 4.24. The molecule has 1 aliphatic heterocycles. The van der Waals surface area contributed by atoms with Gasteiger partial charge in [0.15, 0.2) is 11.6 Å². The Balaban J connectivity index is 1.80. The average Bonchev–Trinajstić information content (AvgIpc) is 3.05. The number of carbonyl (C=O) groups excluding carboxylic acids is 2. The van der Waals surface area contributed by atoms with E-state index in [-0.39, 0.29) is 22.6 Å². The highest BCUT2D eigenvalue weighted by Gasteiger charge is 2.40. The van der Waals surface area contributed by atoms with Crippen LogP contribution in [-0.4, -0.2) is 18.9 Å². The third-order valence-corrected chi connectivity index (χ3v) is 4.91. The molecule has 2 amide bonds. The molecule has 0 radical (unpaired) electrons. The van der Waals surface area contributed by atoms with Crippen molar-refractivity contribution in [2.45, 2.75) is 0 Å². The fourth-order valence-corrected chi connectivity index (χ4v) is 3.31. The zero-order chi connectivity index (χ0) is 22.8. The minimum Gasteiger partial charge on any atom is -0.497 e. The molecule has 32 heavy (non-hydrogen) atoms. The van der Waals surface area contributed by atoms with E-state index in [0.717, 1.165) is 17.0 Å². The van der Waals surface area contributed by atoms with Gasteiger partial charge >= 0.3 is 0 Å². The van der Waals surface area contributed by atoms with Crippen molar-refractivity contribution >= 4 is 28.8 Å². The first-order valence-corrected chi connectivity index (χ1v) is 9.42. The number of hydrogen-bond acceptors (Lipinski definition) is 5. The maximum absolute atomic E-state index is 13.7. The van der Waals surface area contributed by atoms with Crippen LogP contribution in [0.5, 0.6) is 5.75 Å². The number of halogens is 2. The van der Waals surface area contributed by atoms with Crippen molar-refractivity contribution in [3.8, 4) is 11.8 Å². The highest BCUT2D eigenvalue weighted by Crippen LogP contribution is 2.34. The molecule has 4 rings (SSSR count). The lowest BCUT2D eigenvalue weighted by atomic mass is 10.0. The number of methoxy groups -OCH3 is 1. The minimum absolute atomic E-state index is 0.0618. The van der Waals surface area contributed by atoms with Gasteiger partial charge in [-0.25, -0.2) is 13.7 Å². The highest BCUT2D eigenvalue weighted by molar-refractivity contribution is 6.46. The van der Waals surface area contributed by atoms with E-state index in [9.17, 15) is 18.4 Å². The summed E-state index contributed by atoms with van der Waals surface area (Å²) in [5.41, 5.74) is 1.16. The number of ether oxygens (including phenoxy) is 1. The lowest BCUT2D eigenvalue weighted by molar-refractivity contribution is -0.120. The van der Waals surface area contributed by atoms with Gasteiger partial charge in [-0.1, -0.05) is 12.1 Å². The van der Waals surface area contributed by atoms with Gasteiger partial charge in [-0.15, -0.1) is 0 Å². The molecule has 6 nitrogen and oxygen atoms in total. The monoisotopic (exact) mass is 431 g/mol. The Labute approximate surface area is 182 Å². The van der Waals surface area contributed by atoms with Crippen molar-refractivity contribution in [3.63, 3.8) is 0 Å². The second kappa shape index (κ2) is 8.32. The molecule has 0 saturated heterocycles. The molecule has 0 atom stereocenters. The molecule has 3 aromatic rings. The van der Waals surface area contributed by atoms with Gasteiger partial charge in [-0.3, -0.25) is 9.59 Å². The van der Waals surface area contributed by atoms with E-state index in [4.69, 9.17) is 10.00 Å². The lowest BCUT2D eigenvalue weighted by Gasteiger charge is -2.15. The third kappa shape index (κ3) is 3.68. The first-order chi connectivity index (χ1) is 15.4. The van der Waals surface area contributed by atoms with Crippen molar-refractivity contribution in [2.24, 2.45) is 0 Å². The number of imide groups is 1. The summed E-state index contributed by atoms with van der Waals surface area (Å²) >= 11 is 0. The van der Waals surface area contributed by atoms with Gasteiger partial charge in [0.25, 0.3) is 11.8 Å². The summed E-state index contributed by atoms with van der Waals surface area (Å²) in [5, 5.41) is 11.8. The molecular weight excluding hydrogens is 416 g/mol. The minimum atomic E-state index is -1.10. The molecule has 1 heterocycles. The molecule has 3 aromatic carbocycles. The maximum Gasteiger partial charge on any atom is 0.282 e. The summed E-state index contributed by atoms with van der Waals surface area (Å²) in [6, 6.07) is 17.5. The number of carbonyl (C=O) groups is 2. The fraction of sp³-hybridized carbons (Fsp3) is 0.0417. The number of anilines is 2. The molecule has 1 aliphatic rings. The van der Waals surface area contributed by atoms with Crippen LogP contribution in [0.25, 0.3) is 5.57 Å². The summed E-state index contributed by atoms with van der Waals surface area (Å²) in [4.78, 5) is 27.5. The quantitative estimate of drug-likeness (QED) is 0.611. The van der Waals surface area contributed by atoms with Gasteiger partial charge in [-0.2, -0.15) is 5.26 Å². The van der Waals surface area contributed by atoms with E-state index in [1.807, 2.05) is 6.07 Å². The Kier molecular flexibility index (Phi) is 5.39. The number of benzene rings is 3. The van der Waals surface area contributed by atoms with Crippen molar-refractivity contribution in [1.29, 1.82) is 5.26 Å². The molecule has 0 unspecified atom stereocenters. The third-order valence-electron chi connectivity index (χ3n) is 4.91. The topological polar surface area (TPSA) is 82.4 Å². The van der Waals surface area contributed by atoms with Crippen LogP contribution in [0.4, 0.5) is 20.2 Å². The largest absolute Gasteiger partial charge is 0.497 e. The fourth-order valence-electron chi connectivity index (χ4n) is 3.31. The Morgan fingerprint density at radius 1 is 0.906 bits per heavy atom. The van der Waals surface area contributed by atoms with Gasteiger partial charge < -0.3 is 10.1 Å². The van der Waals surface area contributed by atoms with Crippen LogP contribution in [0.1, 0.15) is 11.1 Å². The molecule has 0 fully saturated rings. The van der Waals surface area contributed by atoms with E-state index in [1.165, 1.54) is 37.4 Å². The van der Waals surface area contributed by atoms with Gasteiger partial charge in [-0.05, 0) is 54.1 Å². The van der Waals surface area contributed by atoms with Crippen LogP contribution in [0.2, 0.25) is 0 Å². The second-order valence-electron chi connectivity index (χ2n) is 6.84. The van der Waals surface area contributed by atoms with Crippen molar-refractivity contribution in [3.05, 3.63) is 95.2 Å². The summed E-state index contributed by atoms with van der Waals surface area (Å²) in [5.74, 6) is -2.84. The SMILES string of the molecule is COc1ccc(C2=C(Nc3ccc(F)c(F)c3)C(=O)N(c3ccc(C#N)cc3)C2=O)cc1. The van der Waals surface area contributed by atoms with Crippen LogP contribution in [0, 0.1) is 23.0 Å². The van der Waals surface area contributed by atoms with Crippen LogP contribution in [0.3, 0.4) is 0 Å². The number of nitrogens with one attached hydrogen (secondary N) is 1. The van der Waals surface area contributed by atoms with E-state index in [2.05, 4.69) is 5.32 Å². The van der Waals surface area contributed by atoms with Gasteiger partial charge in [0.1, 0.15) is 11.4 Å². The molecule has 0 saturated carbocycles. The van der Waals surface area contributed by atoms with Crippen LogP contribution < -0.4 is 15.0 Å². The molecule has 0 aromatic heterocycles. The first-order valence-electron chi connectivity index (χ1n) is 9.42. The Morgan fingerprint density at radius 2 is 1.59 bits per heavy atom. The molecule has 0 spiro atoms. The highest BCUT2D eigenvalue weighted by atomic mass is 19.2. The number of amides is 2. The molecule has 0 aliphatic carbocycles. The predicted molar refractivity (Wildman–Crippen MR) is 114 cm³/mol. The Bertz CT molecular complexity index is 1290. The zero-order valence-electron chi connectivity index (χ0n) is 16.7. The molecule has 0 bridgehead atoms. The number of nitriles is 1. The number of nitrogens with zero attached hydrogens (tertiary/aromatic N) is 2. The first kappa shape index (κ1) is 20.8. The smallest absolute Gasteiger partial charge is 0.282 e. The second-order valence-corrected chi connectivity index (χ2v) is 6.84. The molecular formula is C24H15F2N3O3. The summed E-state index contributed by atoms with van der Waals surface area (Å²) < 4.78 is 32.2. The van der Waals surface area contributed by atoms with E-state index in [1.54, 1.807) is 24.3 Å². The Hall–Kier alpha value is -4.51. The van der Waals surface area contributed by atoms with Crippen molar-refractivity contribution in [2.75, 3.05) is 17.3 Å². The van der Waals surface area contributed by atoms with E-state index in [0.29, 0.717) is 16.9 Å². The summed E-state index contributed by atoms with van der Waals surface area (Å²) in [6.45, 7) is 0. The van der Waals surface area contributed by atoms with E-state index < -0.39 is 23.4 Å². The number of rotatable bonds is 5. The van der Waals surface area contributed by atoms with Crippen LogP contribution in [0.15, 0.2) is 72.4 Å². The lowest BCUT2D eigenvalue weighted by Crippen LogP contribution is -2.32. The zero-order valence-corrected chi connectivity index (χ0v) is 16.7. The summed E-state index contributed by atoms with van der Waals surface area (Å²) in [6.07, 6.45) is 0. The molecule has 158 valence electrons. The van der Waals surface area contributed by atoms with Crippen molar-refractivity contribution < 1.29 is 23.1 Å².